The van der Waals surface area contributed by atoms with E-state index in [1.807, 2.05) is 17.5 Å². The van der Waals surface area contributed by atoms with Crippen molar-refractivity contribution in [3.63, 3.8) is 0 Å². The summed E-state index contributed by atoms with van der Waals surface area (Å²) in [7, 11) is 1.52. The first-order chi connectivity index (χ1) is 8.29. The Morgan fingerprint density at radius 2 is 2.24 bits per heavy atom. The van der Waals surface area contributed by atoms with Gasteiger partial charge in [0.1, 0.15) is 5.69 Å². The molecule has 5 heteroatoms. The Morgan fingerprint density at radius 3 is 2.82 bits per heavy atom. The van der Waals surface area contributed by atoms with Crippen LogP contribution in [0.1, 0.15) is 21.8 Å². The maximum atomic E-state index is 11.8. The largest absolute Gasteiger partial charge is 0.480 e. The van der Waals surface area contributed by atoms with Crippen LogP contribution < -0.4 is 4.74 Å². The van der Waals surface area contributed by atoms with E-state index in [1.54, 1.807) is 23.5 Å². The molecule has 2 rings (SSSR count). The van der Waals surface area contributed by atoms with Crippen molar-refractivity contribution in [3.05, 3.63) is 40.2 Å². The molecule has 0 radical (unpaired) electrons. The molecular weight excluding hydrogens is 236 g/mol. The molecule has 0 fully saturated rings. The van der Waals surface area contributed by atoms with Crippen LogP contribution in [-0.4, -0.2) is 23.1 Å². The van der Waals surface area contributed by atoms with Crippen molar-refractivity contribution in [2.24, 2.45) is 0 Å². The molecule has 2 aromatic rings. The minimum Gasteiger partial charge on any atom is -0.480 e. The lowest BCUT2D eigenvalue weighted by Crippen LogP contribution is -2.05. The molecule has 0 amide bonds. The zero-order valence-electron chi connectivity index (χ0n) is 9.42. The summed E-state index contributed by atoms with van der Waals surface area (Å²) in [4.78, 5) is 13.0. The molecule has 4 nitrogen and oxygen atoms in total. The molecule has 88 valence electrons. The molecule has 0 atom stereocenters. The fourth-order valence-corrected chi connectivity index (χ4v) is 2.11. The number of thiophene rings is 1. The second kappa shape index (κ2) is 5.54. The molecule has 0 spiro atoms. The lowest BCUT2D eigenvalue weighted by molar-refractivity contribution is 0.0977. The lowest BCUT2D eigenvalue weighted by atomic mass is 10.1. The van der Waals surface area contributed by atoms with Gasteiger partial charge in [-0.1, -0.05) is 6.07 Å². The number of aromatic nitrogens is 2. The van der Waals surface area contributed by atoms with Gasteiger partial charge in [-0.3, -0.25) is 4.79 Å². The van der Waals surface area contributed by atoms with Crippen LogP contribution in [0.3, 0.4) is 0 Å². The van der Waals surface area contributed by atoms with Gasteiger partial charge in [-0.2, -0.15) is 0 Å². The summed E-state index contributed by atoms with van der Waals surface area (Å²) in [5.41, 5.74) is 0.391. The number of ether oxygens (including phenoxy) is 1. The van der Waals surface area contributed by atoms with E-state index in [0.29, 0.717) is 18.0 Å². The predicted molar refractivity (Wildman–Crippen MR) is 65.6 cm³/mol. The Balaban J connectivity index is 1.95. The van der Waals surface area contributed by atoms with E-state index in [4.69, 9.17) is 4.74 Å². The highest BCUT2D eigenvalue weighted by atomic mass is 32.1. The van der Waals surface area contributed by atoms with Gasteiger partial charge in [0.2, 0.25) is 5.88 Å². The van der Waals surface area contributed by atoms with Crippen LogP contribution >= 0.6 is 11.3 Å². The van der Waals surface area contributed by atoms with Crippen molar-refractivity contribution < 1.29 is 9.53 Å². The molecule has 0 saturated carbocycles. The summed E-state index contributed by atoms with van der Waals surface area (Å²) in [5.74, 6) is 0.424. The van der Waals surface area contributed by atoms with Crippen molar-refractivity contribution in [2.45, 2.75) is 12.8 Å². The second-order valence-electron chi connectivity index (χ2n) is 3.46. The molecule has 17 heavy (non-hydrogen) atoms. The van der Waals surface area contributed by atoms with Crippen LogP contribution in [0.4, 0.5) is 0 Å². The number of carbonyl (C=O) groups is 1. The topological polar surface area (TPSA) is 52.1 Å². The van der Waals surface area contributed by atoms with Gasteiger partial charge in [0.25, 0.3) is 0 Å². The highest BCUT2D eigenvalue weighted by Crippen LogP contribution is 2.13. The molecule has 0 aromatic carbocycles. The number of Topliss-reactive ketones (excluding diaryl/α,β-unsaturated/α-hetero) is 1. The highest BCUT2D eigenvalue weighted by Gasteiger charge is 2.09. The van der Waals surface area contributed by atoms with Gasteiger partial charge < -0.3 is 4.74 Å². The molecule has 2 heterocycles. The molecular formula is C12H12N2O2S. The smallest absolute Gasteiger partial charge is 0.233 e. The fraction of sp³-hybridized carbons (Fsp3) is 0.250. The first kappa shape index (κ1) is 11.7. The molecule has 0 unspecified atom stereocenters. The number of ketones is 1. The van der Waals surface area contributed by atoms with Gasteiger partial charge in [-0.05, 0) is 23.9 Å². The number of methoxy groups -OCH3 is 1. The first-order valence-electron chi connectivity index (χ1n) is 5.23. The van der Waals surface area contributed by atoms with Gasteiger partial charge in [-0.15, -0.1) is 21.5 Å². The van der Waals surface area contributed by atoms with E-state index in [-0.39, 0.29) is 5.78 Å². The lowest BCUT2D eigenvalue weighted by Gasteiger charge is -2.00. The van der Waals surface area contributed by atoms with Crippen molar-refractivity contribution in [1.82, 2.24) is 10.2 Å². The Bertz CT molecular complexity index is 480. The van der Waals surface area contributed by atoms with E-state index < -0.39 is 0 Å². The van der Waals surface area contributed by atoms with Gasteiger partial charge in [0.15, 0.2) is 5.78 Å². The molecule has 0 N–H and O–H groups in total. The third-order valence-corrected chi connectivity index (χ3v) is 3.25. The van der Waals surface area contributed by atoms with E-state index in [0.717, 1.165) is 6.42 Å². The van der Waals surface area contributed by atoms with Gasteiger partial charge in [0, 0.05) is 17.4 Å². The minimum absolute atomic E-state index is 0.00792. The van der Waals surface area contributed by atoms with Crippen molar-refractivity contribution in [3.8, 4) is 5.88 Å². The number of carbonyl (C=O) groups excluding carboxylic acids is 1. The Kier molecular flexibility index (Phi) is 3.82. The van der Waals surface area contributed by atoms with Gasteiger partial charge in [-0.25, -0.2) is 0 Å². The molecule has 0 aliphatic heterocycles. The number of rotatable bonds is 5. The van der Waals surface area contributed by atoms with E-state index in [9.17, 15) is 4.79 Å². The average molecular weight is 248 g/mol. The first-order valence-corrected chi connectivity index (χ1v) is 6.11. The molecule has 0 aliphatic carbocycles. The standard InChI is InChI=1S/C12H12N2O2S/c1-16-12-7-5-10(13-14-12)11(15)6-4-9-3-2-8-17-9/h2-3,5,7-8H,4,6H2,1H3. The monoisotopic (exact) mass is 248 g/mol. The normalized spacial score (nSPS) is 10.2. The summed E-state index contributed by atoms with van der Waals surface area (Å²) in [6.45, 7) is 0. The van der Waals surface area contributed by atoms with Crippen LogP contribution in [0.2, 0.25) is 0 Å². The third-order valence-electron chi connectivity index (χ3n) is 2.31. The fourth-order valence-electron chi connectivity index (χ4n) is 1.40. The number of nitrogens with zero attached hydrogens (tertiary/aromatic N) is 2. The van der Waals surface area contributed by atoms with Crippen LogP contribution in [0.25, 0.3) is 0 Å². The summed E-state index contributed by atoms with van der Waals surface area (Å²) >= 11 is 1.66. The maximum absolute atomic E-state index is 11.8. The summed E-state index contributed by atoms with van der Waals surface area (Å²) < 4.78 is 4.88. The quantitative estimate of drug-likeness (QED) is 0.762. The SMILES string of the molecule is COc1ccc(C(=O)CCc2cccs2)nn1. The number of hydrogen-bond acceptors (Lipinski definition) is 5. The second-order valence-corrected chi connectivity index (χ2v) is 4.50. The van der Waals surface area contributed by atoms with Gasteiger partial charge >= 0.3 is 0 Å². The van der Waals surface area contributed by atoms with Crippen LogP contribution in [0, 0.1) is 0 Å². The molecule has 0 bridgehead atoms. The number of hydrogen-bond donors (Lipinski definition) is 0. The maximum Gasteiger partial charge on any atom is 0.233 e. The minimum atomic E-state index is 0.00792. The van der Waals surface area contributed by atoms with Gasteiger partial charge in [0.05, 0.1) is 7.11 Å². The Morgan fingerprint density at radius 1 is 1.35 bits per heavy atom. The van der Waals surface area contributed by atoms with Crippen LogP contribution in [-0.2, 0) is 6.42 Å². The molecule has 2 aromatic heterocycles. The van der Waals surface area contributed by atoms with Crippen molar-refractivity contribution >= 4 is 17.1 Å². The average Bonchev–Trinajstić information content (AvgIpc) is 2.89. The van der Waals surface area contributed by atoms with Crippen molar-refractivity contribution in [2.75, 3.05) is 7.11 Å². The molecule has 0 saturated heterocycles. The third kappa shape index (κ3) is 3.10. The predicted octanol–water partition coefficient (Wildman–Crippen LogP) is 2.36. The van der Waals surface area contributed by atoms with E-state index in [2.05, 4.69) is 10.2 Å². The van der Waals surface area contributed by atoms with Crippen molar-refractivity contribution in [1.29, 1.82) is 0 Å². The van der Waals surface area contributed by atoms with E-state index >= 15 is 0 Å². The van der Waals surface area contributed by atoms with Crippen LogP contribution in [0.15, 0.2) is 29.6 Å². The zero-order chi connectivity index (χ0) is 12.1. The zero-order valence-corrected chi connectivity index (χ0v) is 10.2. The van der Waals surface area contributed by atoms with E-state index in [1.165, 1.54) is 12.0 Å². The number of aryl methyl sites for hydroxylation is 1. The van der Waals surface area contributed by atoms with Crippen LogP contribution in [0.5, 0.6) is 5.88 Å². The summed E-state index contributed by atoms with van der Waals surface area (Å²) in [6.07, 6.45) is 1.21. The Labute approximate surface area is 103 Å². The summed E-state index contributed by atoms with van der Waals surface area (Å²) in [6, 6.07) is 7.29. The molecule has 0 aliphatic rings. The summed E-state index contributed by atoms with van der Waals surface area (Å²) in [5, 5.41) is 9.61. The highest BCUT2D eigenvalue weighted by molar-refractivity contribution is 7.09. The Hall–Kier alpha value is -1.75.